The van der Waals surface area contributed by atoms with Gasteiger partial charge >= 0.3 is 0 Å². The van der Waals surface area contributed by atoms with Crippen molar-refractivity contribution in [2.75, 3.05) is 5.32 Å². The molecule has 0 radical (unpaired) electrons. The Kier molecular flexibility index (Phi) is 8.55. The van der Waals surface area contributed by atoms with E-state index in [1.165, 1.54) is 6.08 Å². The summed E-state index contributed by atoms with van der Waals surface area (Å²) >= 11 is 15.0. The second-order valence-corrected chi connectivity index (χ2v) is 9.73. The number of hydrogen-bond donors (Lipinski definition) is 1. The van der Waals surface area contributed by atoms with Gasteiger partial charge in [0, 0.05) is 15.2 Å². The maximum absolute atomic E-state index is 12.5. The van der Waals surface area contributed by atoms with Crippen molar-refractivity contribution in [3.05, 3.63) is 94.9 Å². The molecule has 3 aromatic carbocycles. The fraction of sp³-hybridized carbons (Fsp3) is 0.0435. The van der Waals surface area contributed by atoms with E-state index in [1.807, 2.05) is 42.5 Å². The predicted octanol–water partition coefficient (Wildman–Crippen LogP) is 7.59. The van der Waals surface area contributed by atoms with Crippen LogP contribution >= 0.6 is 66.1 Å². The number of hydrogen-bond acceptors (Lipinski definition) is 3. The van der Waals surface area contributed by atoms with Crippen molar-refractivity contribution in [2.24, 2.45) is 0 Å². The molecule has 0 saturated heterocycles. The molecule has 0 aliphatic heterocycles. The molecule has 156 valence electrons. The fourth-order valence-corrected chi connectivity index (χ4v) is 4.74. The first-order valence-corrected chi connectivity index (χ1v) is 11.9. The molecule has 0 saturated carbocycles. The monoisotopic (exact) mass is 670 g/mol. The zero-order valence-corrected chi connectivity index (χ0v) is 21.9. The third-order valence-corrected chi connectivity index (χ3v) is 6.27. The molecule has 31 heavy (non-hydrogen) atoms. The molecule has 3 rings (SSSR count). The first kappa shape index (κ1) is 23.8. The minimum absolute atomic E-state index is 0.0128. The van der Waals surface area contributed by atoms with E-state index in [1.54, 1.807) is 24.3 Å². The summed E-state index contributed by atoms with van der Waals surface area (Å²) < 4.78 is 8.57. The van der Waals surface area contributed by atoms with E-state index in [-0.39, 0.29) is 5.57 Å². The lowest BCUT2D eigenvalue weighted by Gasteiger charge is -2.12. The van der Waals surface area contributed by atoms with E-state index in [4.69, 9.17) is 16.3 Å². The standard InChI is InChI=1S/C23H14Br2ClIN2O2/c24-17-3-1-14(2-4-17)13-31-22-20(25)10-15(11-21(22)27)9-16(12-28)23(30)29-19-7-5-18(26)6-8-19/h1-11H,13H2,(H,29,30)/b16-9-. The van der Waals surface area contributed by atoms with Gasteiger partial charge in [0.15, 0.2) is 0 Å². The highest BCUT2D eigenvalue weighted by atomic mass is 127. The van der Waals surface area contributed by atoms with Crippen molar-refractivity contribution in [1.82, 2.24) is 0 Å². The van der Waals surface area contributed by atoms with Gasteiger partial charge in [-0.2, -0.15) is 5.26 Å². The number of amides is 1. The van der Waals surface area contributed by atoms with E-state index < -0.39 is 5.91 Å². The average molecular weight is 673 g/mol. The molecule has 0 fully saturated rings. The Labute approximate surface area is 215 Å². The van der Waals surface area contributed by atoms with Crippen LogP contribution in [-0.4, -0.2) is 5.91 Å². The van der Waals surface area contributed by atoms with Gasteiger partial charge in [0.1, 0.15) is 24.0 Å². The third kappa shape index (κ3) is 6.81. The van der Waals surface area contributed by atoms with Crippen LogP contribution in [0.25, 0.3) is 6.08 Å². The van der Waals surface area contributed by atoms with Crippen molar-refractivity contribution < 1.29 is 9.53 Å². The number of carbonyl (C=O) groups excluding carboxylic acids is 1. The number of nitrogens with zero attached hydrogens (tertiary/aromatic N) is 1. The van der Waals surface area contributed by atoms with E-state index in [0.29, 0.717) is 28.6 Å². The largest absolute Gasteiger partial charge is 0.487 e. The van der Waals surface area contributed by atoms with Crippen LogP contribution in [0.5, 0.6) is 5.75 Å². The number of nitriles is 1. The molecule has 0 bridgehead atoms. The molecule has 3 aromatic rings. The number of benzene rings is 3. The van der Waals surface area contributed by atoms with Crippen LogP contribution in [0, 0.1) is 14.9 Å². The Morgan fingerprint density at radius 2 is 1.81 bits per heavy atom. The molecule has 0 atom stereocenters. The molecular weight excluding hydrogens is 658 g/mol. The van der Waals surface area contributed by atoms with E-state index >= 15 is 0 Å². The molecule has 8 heteroatoms. The van der Waals surface area contributed by atoms with Crippen LogP contribution < -0.4 is 10.1 Å². The Morgan fingerprint density at radius 1 is 1.13 bits per heavy atom. The Morgan fingerprint density at radius 3 is 2.42 bits per heavy atom. The van der Waals surface area contributed by atoms with Crippen LogP contribution in [0.1, 0.15) is 11.1 Å². The Hall–Kier alpha value is -1.86. The molecule has 0 spiro atoms. The molecule has 0 aliphatic carbocycles. The van der Waals surface area contributed by atoms with Crippen LogP contribution in [0.3, 0.4) is 0 Å². The maximum Gasteiger partial charge on any atom is 0.266 e. The van der Waals surface area contributed by atoms with Gasteiger partial charge in [-0.3, -0.25) is 4.79 Å². The van der Waals surface area contributed by atoms with Gasteiger partial charge in [-0.15, -0.1) is 0 Å². The van der Waals surface area contributed by atoms with Crippen LogP contribution in [0.2, 0.25) is 5.02 Å². The molecular formula is C23H14Br2ClIN2O2. The first-order valence-electron chi connectivity index (χ1n) is 8.90. The summed E-state index contributed by atoms with van der Waals surface area (Å²) in [5.41, 5.74) is 2.29. The predicted molar refractivity (Wildman–Crippen MR) is 139 cm³/mol. The highest BCUT2D eigenvalue weighted by molar-refractivity contribution is 14.1. The summed E-state index contributed by atoms with van der Waals surface area (Å²) in [4.78, 5) is 12.5. The first-order chi connectivity index (χ1) is 14.9. The summed E-state index contributed by atoms with van der Waals surface area (Å²) in [7, 11) is 0. The maximum atomic E-state index is 12.5. The number of carbonyl (C=O) groups is 1. The lowest BCUT2D eigenvalue weighted by molar-refractivity contribution is -0.112. The van der Waals surface area contributed by atoms with Gasteiger partial charge < -0.3 is 10.1 Å². The number of rotatable bonds is 6. The van der Waals surface area contributed by atoms with Gasteiger partial charge in [0.25, 0.3) is 5.91 Å². The zero-order chi connectivity index (χ0) is 22.4. The minimum Gasteiger partial charge on any atom is -0.487 e. The summed E-state index contributed by atoms with van der Waals surface area (Å²) in [6.45, 7) is 0.421. The van der Waals surface area contributed by atoms with E-state index in [9.17, 15) is 10.1 Å². The van der Waals surface area contributed by atoms with Gasteiger partial charge in [0.05, 0.1) is 8.04 Å². The van der Waals surface area contributed by atoms with Gasteiger partial charge in [-0.25, -0.2) is 0 Å². The molecule has 1 N–H and O–H groups in total. The van der Waals surface area contributed by atoms with Gasteiger partial charge in [0.2, 0.25) is 0 Å². The summed E-state index contributed by atoms with van der Waals surface area (Å²) in [5, 5.41) is 12.7. The number of anilines is 1. The molecule has 1 amide bonds. The molecule has 0 heterocycles. The second-order valence-electron chi connectivity index (χ2n) is 6.36. The Balaban J connectivity index is 1.76. The molecule has 0 unspecified atom stereocenters. The van der Waals surface area contributed by atoms with Crippen LogP contribution in [0.4, 0.5) is 5.69 Å². The molecule has 0 aromatic heterocycles. The van der Waals surface area contributed by atoms with Crippen LogP contribution in [-0.2, 0) is 11.4 Å². The van der Waals surface area contributed by atoms with Crippen molar-refractivity contribution in [1.29, 1.82) is 5.26 Å². The second kappa shape index (κ2) is 11.1. The smallest absolute Gasteiger partial charge is 0.266 e. The molecule has 0 aliphatic rings. The fourth-order valence-electron chi connectivity index (χ4n) is 2.58. The molecule has 4 nitrogen and oxygen atoms in total. The zero-order valence-electron chi connectivity index (χ0n) is 15.8. The van der Waals surface area contributed by atoms with Gasteiger partial charge in [-0.05, 0) is 104 Å². The third-order valence-electron chi connectivity index (χ3n) is 4.10. The average Bonchev–Trinajstić information content (AvgIpc) is 2.74. The SMILES string of the molecule is N#C/C(=C/c1cc(Br)c(OCc2ccc(Br)cc2)c(I)c1)C(=O)Nc1ccc(Cl)cc1. The quantitative estimate of drug-likeness (QED) is 0.167. The van der Waals surface area contributed by atoms with E-state index in [2.05, 4.69) is 59.8 Å². The van der Waals surface area contributed by atoms with Gasteiger partial charge in [-0.1, -0.05) is 39.7 Å². The Bertz CT molecular complexity index is 1150. The highest BCUT2D eigenvalue weighted by Crippen LogP contribution is 2.33. The van der Waals surface area contributed by atoms with Crippen molar-refractivity contribution in [3.8, 4) is 11.8 Å². The summed E-state index contributed by atoms with van der Waals surface area (Å²) in [6, 6.07) is 20.2. The highest BCUT2D eigenvalue weighted by Gasteiger charge is 2.13. The van der Waals surface area contributed by atoms with Crippen molar-refractivity contribution >= 4 is 83.7 Å². The summed E-state index contributed by atoms with van der Waals surface area (Å²) in [6.07, 6.45) is 1.54. The number of ether oxygens (including phenoxy) is 1. The summed E-state index contributed by atoms with van der Waals surface area (Å²) in [5.74, 6) is 0.205. The number of halogens is 4. The van der Waals surface area contributed by atoms with Crippen LogP contribution in [0.15, 0.2) is 75.2 Å². The van der Waals surface area contributed by atoms with E-state index in [0.717, 1.165) is 18.1 Å². The minimum atomic E-state index is -0.494. The lowest BCUT2D eigenvalue weighted by Crippen LogP contribution is -2.13. The van der Waals surface area contributed by atoms with Crippen molar-refractivity contribution in [3.63, 3.8) is 0 Å². The lowest BCUT2D eigenvalue weighted by atomic mass is 10.1. The topological polar surface area (TPSA) is 62.1 Å². The number of nitrogens with one attached hydrogen (secondary N) is 1. The normalized spacial score (nSPS) is 11.0. The van der Waals surface area contributed by atoms with Crippen molar-refractivity contribution in [2.45, 2.75) is 6.61 Å².